The average Bonchev–Trinajstić information content (AvgIpc) is 2.60. The Hall–Kier alpha value is -1.72. The number of rotatable bonds is 12. The van der Waals surface area contributed by atoms with E-state index in [9.17, 15) is 9.59 Å². The molecule has 0 aliphatic carbocycles. The standard InChI is InChI=1S/C21H35N3O2/c1-15(2)20(25)18(12-8-9-13-22)24-21(26)19(23-16(3)4)14-17-10-6-5-7-11-17/h5-7,10-11,15-16,18-19,23H,8-9,12-14,22H2,1-4H3,(H,24,26). The highest BCUT2D eigenvalue weighted by Crippen LogP contribution is 2.10. The first-order chi connectivity index (χ1) is 12.3. The molecule has 1 amide bonds. The zero-order valence-corrected chi connectivity index (χ0v) is 16.6. The van der Waals surface area contributed by atoms with Gasteiger partial charge < -0.3 is 16.4 Å². The number of carbonyl (C=O) groups excluding carboxylic acids is 2. The van der Waals surface area contributed by atoms with Crippen molar-refractivity contribution < 1.29 is 9.59 Å². The van der Waals surface area contributed by atoms with Crippen molar-refractivity contribution in [3.63, 3.8) is 0 Å². The molecule has 0 aliphatic heterocycles. The second-order valence-corrected chi connectivity index (χ2v) is 7.47. The van der Waals surface area contributed by atoms with Crippen LogP contribution in [-0.2, 0) is 16.0 Å². The predicted molar refractivity (Wildman–Crippen MR) is 107 cm³/mol. The topological polar surface area (TPSA) is 84.2 Å². The molecule has 2 unspecified atom stereocenters. The molecule has 26 heavy (non-hydrogen) atoms. The smallest absolute Gasteiger partial charge is 0.238 e. The van der Waals surface area contributed by atoms with Crippen LogP contribution in [0.5, 0.6) is 0 Å². The average molecular weight is 362 g/mol. The van der Waals surface area contributed by atoms with Crippen LogP contribution in [0.15, 0.2) is 30.3 Å². The zero-order chi connectivity index (χ0) is 19.5. The lowest BCUT2D eigenvalue weighted by Gasteiger charge is -2.25. The minimum absolute atomic E-state index is 0.0818. The van der Waals surface area contributed by atoms with Crippen molar-refractivity contribution in [1.82, 2.24) is 10.6 Å². The molecule has 1 rings (SSSR count). The normalized spacial score (nSPS) is 13.7. The Morgan fingerprint density at radius 1 is 1.00 bits per heavy atom. The third-order valence-corrected chi connectivity index (χ3v) is 4.31. The van der Waals surface area contributed by atoms with Crippen LogP contribution >= 0.6 is 0 Å². The molecule has 0 spiro atoms. The number of hydrogen-bond donors (Lipinski definition) is 3. The molecule has 0 aromatic heterocycles. The van der Waals surface area contributed by atoms with E-state index in [1.54, 1.807) is 0 Å². The first-order valence-electron chi connectivity index (χ1n) is 9.69. The van der Waals surface area contributed by atoms with E-state index in [0.29, 0.717) is 19.4 Å². The number of benzene rings is 1. The van der Waals surface area contributed by atoms with Gasteiger partial charge in [0, 0.05) is 12.0 Å². The van der Waals surface area contributed by atoms with Gasteiger partial charge in [-0.05, 0) is 37.8 Å². The van der Waals surface area contributed by atoms with Crippen LogP contribution in [0.4, 0.5) is 0 Å². The molecule has 0 saturated heterocycles. The quantitative estimate of drug-likeness (QED) is 0.499. The summed E-state index contributed by atoms with van der Waals surface area (Å²) < 4.78 is 0. The van der Waals surface area contributed by atoms with Crippen LogP contribution < -0.4 is 16.4 Å². The monoisotopic (exact) mass is 361 g/mol. The SMILES string of the molecule is CC(C)NC(Cc1ccccc1)C(=O)NC(CCCCN)C(=O)C(C)C. The fourth-order valence-corrected chi connectivity index (χ4v) is 2.93. The summed E-state index contributed by atoms with van der Waals surface area (Å²) in [6.45, 7) is 8.38. The van der Waals surface area contributed by atoms with E-state index in [4.69, 9.17) is 5.73 Å². The van der Waals surface area contributed by atoms with Crippen molar-refractivity contribution in [3.05, 3.63) is 35.9 Å². The Morgan fingerprint density at radius 2 is 1.65 bits per heavy atom. The van der Waals surface area contributed by atoms with Gasteiger partial charge in [0.25, 0.3) is 0 Å². The summed E-state index contributed by atoms with van der Waals surface area (Å²) in [6, 6.07) is 9.29. The maximum absolute atomic E-state index is 12.9. The van der Waals surface area contributed by atoms with Gasteiger partial charge in [0.1, 0.15) is 0 Å². The van der Waals surface area contributed by atoms with Crippen molar-refractivity contribution in [1.29, 1.82) is 0 Å². The van der Waals surface area contributed by atoms with Gasteiger partial charge in [-0.2, -0.15) is 0 Å². The first kappa shape index (κ1) is 22.3. The highest BCUT2D eigenvalue weighted by Gasteiger charge is 2.27. The van der Waals surface area contributed by atoms with Crippen LogP contribution in [0.25, 0.3) is 0 Å². The molecule has 2 atom stereocenters. The molecule has 5 nitrogen and oxygen atoms in total. The van der Waals surface area contributed by atoms with E-state index in [-0.39, 0.29) is 29.7 Å². The minimum atomic E-state index is -0.443. The van der Waals surface area contributed by atoms with E-state index in [1.807, 2.05) is 58.0 Å². The van der Waals surface area contributed by atoms with Crippen LogP contribution in [0, 0.1) is 5.92 Å². The molecule has 0 heterocycles. The van der Waals surface area contributed by atoms with Crippen LogP contribution in [0.3, 0.4) is 0 Å². The molecular formula is C21H35N3O2. The Bertz CT molecular complexity index is 543. The number of hydrogen-bond acceptors (Lipinski definition) is 4. The maximum atomic E-state index is 12.9. The molecule has 0 saturated carbocycles. The second-order valence-electron chi connectivity index (χ2n) is 7.47. The summed E-state index contributed by atoms with van der Waals surface area (Å²) >= 11 is 0. The third-order valence-electron chi connectivity index (χ3n) is 4.31. The summed E-state index contributed by atoms with van der Waals surface area (Å²) in [7, 11) is 0. The maximum Gasteiger partial charge on any atom is 0.238 e. The Morgan fingerprint density at radius 3 is 2.19 bits per heavy atom. The number of Topliss-reactive ketones (excluding diaryl/α,β-unsaturated/α-hetero) is 1. The van der Waals surface area contributed by atoms with Crippen LogP contribution in [0.1, 0.15) is 52.5 Å². The van der Waals surface area contributed by atoms with Crippen molar-refractivity contribution in [2.75, 3.05) is 6.54 Å². The number of amides is 1. The van der Waals surface area contributed by atoms with Gasteiger partial charge >= 0.3 is 0 Å². The van der Waals surface area contributed by atoms with E-state index >= 15 is 0 Å². The Balaban J connectivity index is 2.83. The number of unbranched alkanes of at least 4 members (excludes halogenated alkanes) is 1. The third kappa shape index (κ3) is 8.11. The summed E-state index contributed by atoms with van der Waals surface area (Å²) in [6.07, 6.45) is 2.92. The lowest BCUT2D eigenvalue weighted by molar-refractivity contribution is -0.130. The van der Waals surface area contributed by atoms with Crippen molar-refractivity contribution in [3.8, 4) is 0 Å². The van der Waals surface area contributed by atoms with Gasteiger partial charge in [-0.25, -0.2) is 0 Å². The summed E-state index contributed by atoms with van der Waals surface area (Å²) in [4.78, 5) is 25.4. The number of nitrogens with one attached hydrogen (secondary N) is 2. The molecule has 5 heteroatoms. The van der Waals surface area contributed by atoms with Crippen molar-refractivity contribution in [2.45, 2.75) is 71.5 Å². The highest BCUT2D eigenvalue weighted by atomic mass is 16.2. The van der Waals surface area contributed by atoms with Gasteiger partial charge in [-0.1, -0.05) is 58.0 Å². The molecular weight excluding hydrogens is 326 g/mol. The molecule has 4 N–H and O–H groups in total. The minimum Gasteiger partial charge on any atom is -0.345 e. The lowest BCUT2D eigenvalue weighted by atomic mass is 9.96. The van der Waals surface area contributed by atoms with Gasteiger partial charge in [-0.15, -0.1) is 0 Å². The van der Waals surface area contributed by atoms with E-state index in [0.717, 1.165) is 18.4 Å². The van der Waals surface area contributed by atoms with Crippen LogP contribution in [-0.4, -0.2) is 36.4 Å². The highest BCUT2D eigenvalue weighted by molar-refractivity contribution is 5.91. The molecule has 0 fully saturated rings. The summed E-state index contributed by atoms with van der Waals surface area (Å²) in [5.41, 5.74) is 6.65. The van der Waals surface area contributed by atoms with Gasteiger partial charge in [-0.3, -0.25) is 9.59 Å². The molecule has 0 bridgehead atoms. The first-order valence-corrected chi connectivity index (χ1v) is 9.69. The Kier molecular flexibility index (Phi) is 10.1. The Labute approximate surface area is 158 Å². The zero-order valence-electron chi connectivity index (χ0n) is 16.6. The van der Waals surface area contributed by atoms with E-state index in [1.165, 1.54) is 0 Å². The predicted octanol–water partition coefficient (Wildman–Crippen LogP) is 2.43. The van der Waals surface area contributed by atoms with Gasteiger partial charge in [0.15, 0.2) is 5.78 Å². The number of carbonyl (C=O) groups is 2. The van der Waals surface area contributed by atoms with Crippen molar-refractivity contribution >= 4 is 11.7 Å². The number of nitrogens with two attached hydrogens (primary N) is 1. The molecule has 0 aliphatic rings. The fraction of sp³-hybridized carbons (Fsp3) is 0.619. The van der Waals surface area contributed by atoms with Crippen LogP contribution in [0.2, 0.25) is 0 Å². The lowest BCUT2D eigenvalue weighted by Crippen LogP contribution is -2.53. The summed E-state index contributed by atoms with van der Waals surface area (Å²) in [5, 5.41) is 6.32. The molecule has 146 valence electrons. The summed E-state index contributed by atoms with van der Waals surface area (Å²) in [5.74, 6) is -0.142. The van der Waals surface area contributed by atoms with Gasteiger partial charge in [0.05, 0.1) is 12.1 Å². The molecule has 1 aromatic rings. The second kappa shape index (κ2) is 11.8. The molecule has 0 radical (unpaired) electrons. The van der Waals surface area contributed by atoms with E-state index in [2.05, 4.69) is 10.6 Å². The van der Waals surface area contributed by atoms with Gasteiger partial charge in [0.2, 0.25) is 5.91 Å². The molecule has 1 aromatic carbocycles. The number of ketones is 1. The fourth-order valence-electron chi connectivity index (χ4n) is 2.93. The van der Waals surface area contributed by atoms with E-state index < -0.39 is 6.04 Å². The van der Waals surface area contributed by atoms with Crippen molar-refractivity contribution in [2.24, 2.45) is 11.7 Å². The largest absolute Gasteiger partial charge is 0.345 e.